The fourth-order valence-corrected chi connectivity index (χ4v) is 3.69. The molecule has 5 heteroatoms. The van der Waals surface area contributed by atoms with Gasteiger partial charge in [-0.2, -0.15) is 0 Å². The number of hydrogen-bond donors (Lipinski definition) is 0. The maximum absolute atomic E-state index is 12.6. The van der Waals surface area contributed by atoms with Crippen molar-refractivity contribution in [2.24, 2.45) is 0 Å². The normalized spacial score (nSPS) is 18.2. The van der Waals surface area contributed by atoms with E-state index in [-0.39, 0.29) is 17.5 Å². The Kier molecular flexibility index (Phi) is 6.25. The van der Waals surface area contributed by atoms with Crippen LogP contribution in [-0.4, -0.2) is 48.7 Å². The van der Waals surface area contributed by atoms with Crippen molar-refractivity contribution in [1.82, 2.24) is 4.90 Å². The van der Waals surface area contributed by atoms with Gasteiger partial charge in [0.05, 0.1) is 13.2 Å². The lowest BCUT2D eigenvalue weighted by atomic mass is 9.83. The Bertz CT molecular complexity index is 872. The van der Waals surface area contributed by atoms with Crippen LogP contribution < -0.4 is 0 Å². The van der Waals surface area contributed by atoms with Crippen LogP contribution in [0.3, 0.4) is 0 Å². The molecule has 0 unspecified atom stereocenters. The molecule has 28 heavy (non-hydrogen) atoms. The van der Waals surface area contributed by atoms with E-state index in [4.69, 9.17) is 4.74 Å². The lowest BCUT2D eigenvalue weighted by Gasteiger charge is -2.26. The van der Waals surface area contributed by atoms with Crippen molar-refractivity contribution in [3.8, 4) is 0 Å². The number of aryl methyl sites for hydroxylation is 1. The molecule has 1 amide bonds. The molecule has 0 saturated carbocycles. The van der Waals surface area contributed by atoms with Crippen LogP contribution in [0.25, 0.3) is 0 Å². The average molecular weight is 381 g/mol. The van der Waals surface area contributed by atoms with E-state index in [0.717, 1.165) is 11.1 Å². The maximum atomic E-state index is 12.6. The summed E-state index contributed by atoms with van der Waals surface area (Å²) in [5.74, 6) is 0.0680. The second-order valence-electron chi connectivity index (χ2n) is 7.50. The fourth-order valence-electron chi connectivity index (χ4n) is 3.69. The van der Waals surface area contributed by atoms with Crippen LogP contribution in [0.1, 0.15) is 38.3 Å². The molecule has 0 spiro atoms. The highest BCUT2D eigenvalue weighted by atomic mass is 16.5. The molecule has 2 aliphatic rings. The van der Waals surface area contributed by atoms with E-state index in [1.54, 1.807) is 20.8 Å². The number of carbonyl (C=O) groups excluding carboxylic acids is 3. The van der Waals surface area contributed by atoms with E-state index < -0.39 is 0 Å². The first-order valence-electron chi connectivity index (χ1n) is 9.78. The third-order valence-corrected chi connectivity index (χ3v) is 5.67. The highest BCUT2D eigenvalue weighted by molar-refractivity contribution is 6.24. The molecule has 1 aromatic carbocycles. The van der Waals surface area contributed by atoms with Crippen molar-refractivity contribution in [3.63, 3.8) is 0 Å². The van der Waals surface area contributed by atoms with Gasteiger partial charge in [-0.05, 0) is 38.3 Å². The van der Waals surface area contributed by atoms with Crippen LogP contribution in [0.2, 0.25) is 0 Å². The van der Waals surface area contributed by atoms with E-state index in [0.29, 0.717) is 67.9 Å². The summed E-state index contributed by atoms with van der Waals surface area (Å²) < 4.78 is 5.29. The number of ketones is 2. The Balaban J connectivity index is 1.67. The number of Topliss-reactive ketones (excluding diaryl/α,β-unsaturated/α-hetero) is 2. The predicted octanol–water partition coefficient (Wildman–Crippen LogP) is 2.83. The zero-order chi connectivity index (χ0) is 20.3. The monoisotopic (exact) mass is 381 g/mol. The van der Waals surface area contributed by atoms with Gasteiger partial charge < -0.3 is 9.64 Å². The van der Waals surface area contributed by atoms with Gasteiger partial charge in [-0.1, -0.05) is 24.3 Å². The van der Waals surface area contributed by atoms with Gasteiger partial charge in [0, 0.05) is 48.2 Å². The third kappa shape index (κ3) is 4.30. The van der Waals surface area contributed by atoms with Crippen LogP contribution in [-0.2, 0) is 32.0 Å². The number of carbonyl (C=O) groups is 3. The zero-order valence-corrected chi connectivity index (χ0v) is 16.8. The number of amides is 1. The lowest BCUT2D eigenvalue weighted by Crippen LogP contribution is -2.40. The predicted molar refractivity (Wildman–Crippen MR) is 107 cm³/mol. The topological polar surface area (TPSA) is 63.7 Å². The van der Waals surface area contributed by atoms with Gasteiger partial charge in [-0.25, -0.2) is 0 Å². The van der Waals surface area contributed by atoms with E-state index in [1.165, 1.54) is 0 Å². The molecular formula is C23H27NO4. The number of hydrogen-bond acceptors (Lipinski definition) is 4. The molecule has 1 aliphatic heterocycles. The summed E-state index contributed by atoms with van der Waals surface area (Å²) in [6, 6.07) is 7.94. The summed E-state index contributed by atoms with van der Waals surface area (Å²) in [6.07, 6.45) is 1.56. The number of rotatable bonds is 5. The Morgan fingerprint density at radius 3 is 2.32 bits per heavy atom. The van der Waals surface area contributed by atoms with E-state index in [9.17, 15) is 14.4 Å². The van der Waals surface area contributed by atoms with Crippen LogP contribution >= 0.6 is 0 Å². The standard InChI is InChI=1S/C23H27NO4/c1-15-16(2)23(27)20(17(3)22(15)26)14-19-6-4-5-18(13-19)7-8-21(25)24-9-11-28-12-10-24/h4-6,13H,7-12,14H2,1-3H3. The Morgan fingerprint density at radius 2 is 1.61 bits per heavy atom. The molecule has 148 valence electrons. The van der Waals surface area contributed by atoms with Crippen molar-refractivity contribution in [2.75, 3.05) is 26.3 Å². The van der Waals surface area contributed by atoms with Crippen molar-refractivity contribution < 1.29 is 19.1 Å². The molecule has 0 bridgehead atoms. The summed E-state index contributed by atoms with van der Waals surface area (Å²) in [5, 5.41) is 0. The maximum Gasteiger partial charge on any atom is 0.223 e. The summed E-state index contributed by atoms with van der Waals surface area (Å²) in [6.45, 7) is 7.70. The highest BCUT2D eigenvalue weighted by Gasteiger charge is 2.27. The first-order chi connectivity index (χ1) is 13.4. The quantitative estimate of drug-likeness (QED) is 0.736. The Morgan fingerprint density at radius 1 is 0.964 bits per heavy atom. The van der Waals surface area contributed by atoms with Crippen molar-refractivity contribution in [3.05, 3.63) is 57.7 Å². The fraction of sp³-hybridized carbons (Fsp3) is 0.435. The van der Waals surface area contributed by atoms with Crippen LogP contribution in [0.15, 0.2) is 46.6 Å². The lowest BCUT2D eigenvalue weighted by molar-refractivity contribution is -0.135. The Hall–Kier alpha value is -2.53. The second kappa shape index (κ2) is 8.65. The molecule has 1 aliphatic carbocycles. The zero-order valence-electron chi connectivity index (χ0n) is 16.8. The summed E-state index contributed by atoms with van der Waals surface area (Å²) in [7, 11) is 0. The van der Waals surface area contributed by atoms with Gasteiger partial charge in [0.15, 0.2) is 11.6 Å². The van der Waals surface area contributed by atoms with E-state index in [1.807, 2.05) is 29.2 Å². The Labute approximate surface area is 166 Å². The van der Waals surface area contributed by atoms with Gasteiger partial charge in [0.2, 0.25) is 5.91 Å². The molecule has 1 aromatic rings. The van der Waals surface area contributed by atoms with Crippen LogP contribution in [0.4, 0.5) is 0 Å². The minimum absolute atomic E-state index is 0.0394. The largest absolute Gasteiger partial charge is 0.378 e. The summed E-state index contributed by atoms with van der Waals surface area (Å²) in [4.78, 5) is 39.2. The molecule has 0 N–H and O–H groups in total. The number of benzene rings is 1. The summed E-state index contributed by atoms with van der Waals surface area (Å²) >= 11 is 0. The molecule has 3 rings (SSSR count). The number of allylic oxidation sites excluding steroid dienone is 4. The molecular weight excluding hydrogens is 354 g/mol. The molecule has 0 radical (unpaired) electrons. The van der Waals surface area contributed by atoms with Gasteiger partial charge >= 0.3 is 0 Å². The molecule has 1 saturated heterocycles. The SMILES string of the molecule is CC1=C(C)C(=O)C(Cc2cccc(CCC(=O)N3CCOCC3)c2)=C(C)C1=O. The highest BCUT2D eigenvalue weighted by Crippen LogP contribution is 2.27. The van der Waals surface area contributed by atoms with Gasteiger partial charge in [-0.15, -0.1) is 0 Å². The third-order valence-electron chi connectivity index (χ3n) is 5.67. The van der Waals surface area contributed by atoms with Gasteiger partial charge in [-0.3, -0.25) is 14.4 Å². The average Bonchev–Trinajstić information content (AvgIpc) is 2.73. The molecule has 1 fully saturated rings. The molecule has 1 heterocycles. The van der Waals surface area contributed by atoms with Crippen molar-refractivity contribution >= 4 is 17.5 Å². The molecule has 0 atom stereocenters. The first kappa shape index (κ1) is 20.2. The van der Waals surface area contributed by atoms with E-state index >= 15 is 0 Å². The number of nitrogens with zero attached hydrogens (tertiary/aromatic N) is 1. The van der Waals surface area contributed by atoms with E-state index in [2.05, 4.69) is 0 Å². The number of ether oxygens (including phenoxy) is 1. The second-order valence-corrected chi connectivity index (χ2v) is 7.50. The van der Waals surface area contributed by atoms with Gasteiger partial charge in [0.1, 0.15) is 0 Å². The smallest absolute Gasteiger partial charge is 0.223 e. The minimum Gasteiger partial charge on any atom is -0.378 e. The molecule has 0 aromatic heterocycles. The molecule has 5 nitrogen and oxygen atoms in total. The van der Waals surface area contributed by atoms with Crippen molar-refractivity contribution in [2.45, 2.75) is 40.0 Å². The first-order valence-corrected chi connectivity index (χ1v) is 9.78. The van der Waals surface area contributed by atoms with Gasteiger partial charge in [0.25, 0.3) is 0 Å². The van der Waals surface area contributed by atoms with Crippen molar-refractivity contribution in [1.29, 1.82) is 0 Å². The van der Waals surface area contributed by atoms with Crippen LogP contribution in [0.5, 0.6) is 0 Å². The summed E-state index contributed by atoms with van der Waals surface area (Å²) in [5.41, 5.74) is 4.25. The number of morpholine rings is 1. The minimum atomic E-state index is -0.0423. The van der Waals surface area contributed by atoms with Crippen LogP contribution in [0, 0.1) is 0 Å².